The Morgan fingerprint density at radius 3 is 2.43 bits per heavy atom. The summed E-state index contributed by atoms with van der Waals surface area (Å²) in [6.45, 7) is 1.55. The zero-order valence-electron chi connectivity index (χ0n) is 16.5. The molecule has 0 spiro atoms. The van der Waals surface area contributed by atoms with Gasteiger partial charge in [0.2, 0.25) is 0 Å². The topological polar surface area (TPSA) is 73.9 Å². The Labute approximate surface area is 165 Å². The van der Waals surface area contributed by atoms with E-state index >= 15 is 0 Å². The van der Waals surface area contributed by atoms with Gasteiger partial charge in [0, 0.05) is 38.6 Å². The van der Waals surface area contributed by atoms with Gasteiger partial charge in [0.05, 0.1) is 18.4 Å². The fourth-order valence-corrected chi connectivity index (χ4v) is 3.30. The maximum absolute atomic E-state index is 12.9. The van der Waals surface area contributed by atoms with Crippen molar-refractivity contribution in [1.29, 1.82) is 0 Å². The number of likely N-dealkylation sites (tertiary alicyclic amines) is 1. The first-order valence-corrected chi connectivity index (χ1v) is 9.31. The van der Waals surface area contributed by atoms with Gasteiger partial charge in [-0.15, -0.1) is 0 Å². The molecular formula is C21H26N4O3. The predicted octanol–water partition coefficient (Wildman–Crippen LogP) is 3.64. The van der Waals surface area contributed by atoms with Crippen LogP contribution in [-0.2, 0) is 0 Å². The zero-order chi connectivity index (χ0) is 20.1. The minimum atomic E-state index is -0.401. The molecule has 7 nitrogen and oxygen atoms in total. The highest BCUT2D eigenvalue weighted by Gasteiger charge is 2.23. The second-order valence-corrected chi connectivity index (χ2v) is 6.91. The molecule has 28 heavy (non-hydrogen) atoms. The van der Waals surface area contributed by atoms with Gasteiger partial charge in [0.15, 0.2) is 0 Å². The van der Waals surface area contributed by atoms with Crippen molar-refractivity contribution in [3.63, 3.8) is 0 Å². The van der Waals surface area contributed by atoms with E-state index in [1.165, 1.54) is 0 Å². The van der Waals surface area contributed by atoms with E-state index < -0.39 is 6.03 Å². The molecule has 0 saturated carbocycles. The molecule has 1 heterocycles. The average molecular weight is 382 g/mol. The molecule has 7 heteroatoms. The lowest BCUT2D eigenvalue weighted by molar-refractivity contribution is 0.0793. The fourth-order valence-electron chi connectivity index (χ4n) is 3.30. The molecule has 1 aliphatic rings. The molecule has 3 amide bonds. The first-order chi connectivity index (χ1) is 13.5. The molecule has 148 valence electrons. The predicted molar refractivity (Wildman–Crippen MR) is 112 cm³/mol. The van der Waals surface area contributed by atoms with E-state index in [1.54, 1.807) is 31.4 Å². The van der Waals surface area contributed by atoms with Crippen LogP contribution in [0.5, 0.6) is 5.75 Å². The molecule has 0 atom stereocenters. The lowest BCUT2D eigenvalue weighted by Gasteiger charge is -2.22. The van der Waals surface area contributed by atoms with Crippen LogP contribution in [0, 0.1) is 0 Å². The van der Waals surface area contributed by atoms with Gasteiger partial charge in [-0.25, -0.2) is 4.79 Å². The van der Waals surface area contributed by atoms with Crippen molar-refractivity contribution in [3.8, 4) is 5.75 Å². The third kappa shape index (κ3) is 4.36. The Morgan fingerprint density at radius 1 is 1.04 bits per heavy atom. The standard InChI is InChI=1S/C21H26N4O3/c1-24(2)18-11-10-15(14-16(18)20(26)25-12-6-7-13-25)22-21(27)23-17-8-4-5-9-19(17)28-3/h4-5,8-11,14H,6-7,12-13H2,1-3H3,(H2,22,23,27). The Kier molecular flexibility index (Phi) is 6.03. The lowest BCUT2D eigenvalue weighted by Crippen LogP contribution is -2.29. The monoisotopic (exact) mass is 382 g/mol. The summed E-state index contributed by atoms with van der Waals surface area (Å²) in [5.41, 5.74) is 2.54. The van der Waals surface area contributed by atoms with Crippen molar-refractivity contribution in [2.24, 2.45) is 0 Å². The third-order valence-electron chi connectivity index (χ3n) is 4.72. The number of nitrogens with one attached hydrogen (secondary N) is 2. The van der Waals surface area contributed by atoms with E-state index in [2.05, 4.69) is 10.6 Å². The van der Waals surface area contributed by atoms with Gasteiger partial charge in [-0.3, -0.25) is 4.79 Å². The minimum Gasteiger partial charge on any atom is -0.495 e. The number of ether oxygens (including phenoxy) is 1. The van der Waals surface area contributed by atoms with Gasteiger partial charge in [0.25, 0.3) is 5.91 Å². The summed E-state index contributed by atoms with van der Waals surface area (Å²) in [5.74, 6) is 0.570. The Hall–Kier alpha value is -3.22. The first kappa shape index (κ1) is 19.5. The number of amides is 3. The number of hydrogen-bond donors (Lipinski definition) is 2. The normalized spacial score (nSPS) is 13.2. The van der Waals surface area contributed by atoms with Gasteiger partial charge in [-0.1, -0.05) is 12.1 Å². The summed E-state index contributed by atoms with van der Waals surface area (Å²) in [5, 5.41) is 5.57. The highest BCUT2D eigenvalue weighted by Crippen LogP contribution is 2.27. The molecule has 3 rings (SSSR count). The Morgan fingerprint density at radius 2 is 1.75 bits per heavy atom. The maximum atomic E-state index is 12.9. The van der Waals surface area contributed by atoms with E-state index in [-0.39, 0.29) is 5.91 Å². The van der Waals surface area contributed by atoms with Crippen molar-refractivity contribution in [3.05, 3.63) is 48.0 Å². The van der Waals surface area contributed by atoms with Crippen molar-refractivity contribution >= 4 is 29.0 Å². The first-order valence-electron chi connectivity index (χ1n) is 9.31. The molecule has 1 aliphatic heterocycles. The van der Waals surface area contributed by atoms with Crippen LogP contribution >= 0.6 is 0 Å². The van der Waals surface area contributed by atoms with E-state index in [9.17, 15) is 9.59 Å². The van der Waals surface area contributed by atoms with E-state index in [1.807, 2.05) is 42.1 Å². The molecule has 2 aromatic rings. The summed E-state index contributed by atoms with van der Waals surface area (Å²) in [7, 11) is 5.35. The van der Waals surface area contributed by atoms with Crippen LogP contribution in [0.3, 0.4) is 0 Å². The maximum Gasteiger partial charge on any atom is 0.323 e. The summed E-state index contributed by atoms with van der Waals surface area (Å²) < 4.78 is 5.25. The summed E-state index contributed by atoms with van der Waals surface area (Å²) in [4.78, 5) is 29.1. The number of hydrogen-bond acceptors (Lipinski definition) is 4. The molecule has 0 aliphatic carbocycles. The summed E-state index contributed by atoms with van der Waals surface area (Å²) >= 11 is 0. The molecule has 2 aromatic carbocycles. The number of nitrogens with zero attached hydrogens (tertiary/aromatic N) is 2. The minimum absolute atomic E-state index is 0.00464. The quantitative estimate of drug-likeness (QED) is 0.828. The number of benzene rings is 2. The summed E-state index contributed by atoms with van der Waals surface area (Å²) in [6, 6.07) is 12.2. The van der Waals surface area contributed by atoms with Crippen molar-refractivity contribution < 1.29 is 14.3 Å². The number of urea groups is 1. The zero-order valence-corrected chi connectivity index (χ0v) is 16.5. The molecule has 0 unspecified atom stereocenters. The van der Waals surface area contributed by atoms with Crippen LogP contribution in [0.2, 0.25) is 0 Å². The molecular weight excluding hydrogens is 356 g/mol. The molecule has 1 fully saturated rings. The van der Waals surface area contributed by atoms with Crippen LogP contribution in [-0.4, -0.2) is 51.1 Å². The molecule has 0 aromatic heterocycles. The van der Waals surface area contributed by atoms with Crippen LogP contribution in [0.15, 0.2) is 42.5 Å². The Bertz CT molecular complexity index is 860. The van der Waals surface area contributed by atoms with E-state index in [0.717, 1.165) is 31.6 Å². The van der Waals surface area contributed by atoms with Gasteiger partial charge in [0.1, 0.15) is 5.75 Å². The van der Waals surface area contributed by atoms with Gasteiger partial charge < -0.3 is 25.2 Å². The number of para-hydroxylation sites is 2. The number of rotatable bonds is 5. The highest BCUT2D eigenvalue weighted by molar-refractivity contribution is 6.04. The highest BCUT2D eigenvalue weighted by atomic mass is 16.5. The third-order valence-corrected chi connectivity index (χ3v) is 4.72. The second kappa shape index (κ2) is 8.65. The molecule has 0 radical (unpaired) electrons. The van der Waals surface area contributed by atoms with Crippen molar-refractivity contribution in [2.45, 2.75) is 12.8 Å². The van der Waals surface area contributed by atoms with Gasteiger partial charge >= 0.3 is 6.03 Å². The smallest absolute Gasteiger partial charge is 0.323 e. The van der Waals surface area contributed by atoms with Crippen molar-refractivity contribution in [2.75, 3.05) is 49.8 Å². The SMILES string of the molecule is COc1ccccc1NC(=O)Nc1ccc(N(C)C)c(C(=O)N2CCCC2)c1. The van der Waals surface area contributed by atoms with Crippen LogP contribution in [0.1, 0.15) is 23.2 Å². The number of anilines is 3. The number of carbonyl (C=O) groups excluding carboxylic acids is 2. The van der Waals surface area contributed by atoms with Crippen molar-refractivity contribution in [1.82, 2.24) is 4.90 Å². The van der Waals surface area contributed by atoms with Crippen LogP contribution < -0.4 is 20.3 Å². The summed E-state index contributed by atoms with van der Waals surface area (Å²) in [6.07, 6.45) is 2.06. The lowest BCUT2D eigenvalue weighted by atomic mass is 10.1. The molecule has 0 bridgehead atoms. The van der Waals surface area contributed by atoms with E-state index in [0.29, 0.717) is 22.7 Å². The van der Waals surface area contributed by atoms with E-state index in [4.69, 9.17) is 4.74 Å². The second-order valence-electron chi connectivity index (χ2n) is 6.91. The van der Waals surface area contributed by atoms with Crippen LogP contribution in [0.25, 0.3) is 0 Å². The van der Waals surface area contributed by atoms with Gasteiger partial charge in [-0.05, 0) is 43.2 Å². The van der Waals surface area contributed by atoms with Gasteiger partial charge in [-0.2, -0.15) is 0 Å². The van der Waals surface area contributed by atoms with Crippen LogP contribution in [0.4, 0.5) is 21.9 Å². The number of methoxy groups -OCH3 is 1. The fraction of sp³-hybridized carbons (Fsp3) is 0.333. The molecule has 1 saturated heterocycles. The Balaban J connectivity index is 1.79. The largest absolute Gasteiger partial charge is 0.495 e. The molecule has 2 N–H and O–H groups in total. The average Bonchev–Trinajstić information content (AvgIpc) is 3.22. The number of carbonyl (C=O) groups is 2.